The molecule has 200 valence electrons. The predicted octanol–water partition coefficient (Wildman–Crippen LogP) is 6.23. The smallest absolute Gasteiger partial charge is 0.397 e. The van der Waals surface area contributed by atoms with E-state index in [0.29, 0.717) is 31.8 Å². The normalized spacial score (nSPS) is 11.1. The van der Waals surface area contributed by atoms with E-state index in [9.17, 15) is 18.0 Å². The summed E-state index contributed by atoms with van der Waals surface area (Å²) in [6, 6.07) is 11.8. The van der Waals surface area contributed by atoms with Crippen molar-refractivity contribution in [2.24, 2.45) is 0 Å². The number of aliphatic hydroxyl groups is 1. The summed E-state index contributed by atoms with van der Waals surface area (Å²) in [5.74, 6) is -0.970. The van der Waals surface area contributed by atoms with Crippen molar-refractivity contribution in [1.29, 1.82) is 0 Å². The number of rotatable bonds is 9. The molecule has 0 bridgehead atoms. The number of aromatic nitrogens is 2. The van der Waals surface area contributed by atoms with Crippen LogP contribution in [-0.4, -0.2) is 41.2 Å². The zero-order chi connectivity index (χ0) is 27.4. The number of hydrogen-bond acceptors (Lipinski definition) is 7. The molecular weight excluding hydrogens is 574 g/mol. The number of carbonyl (C=O) groups is 1. The number of amides is 1. The van der Waals surface area contributed by atoms with Crippen molar-refractivity contribution in [3.8, 4) is 0 Å². The minimum Gasteiger partial charge on any atom is -0.397 e. The van der Waals surface area contributed by atoms with E-state index in [1.165, 1.54) is 19.2 Å². The molecule has 13 heteroatoms. The number of para-hydroxylation sites is 1. The molecule has 1 amide bonds. The maximum Gasteiger partial charge on any atom is 0.421 e. The molecule has 1 unspecified atom stereocenters. The van der Waals surface area contributed by atoms with Crippen molar-refractivity contribution in [3.63, 3.8) is 0 Å². The molecule has 0 aliphatic heterocycles. The Morgan fingerprint density at radius 1 is 1.14 bits per heavy atom. The molecule has 0 aliphatic carbocycles. The predicted molar refractivity (Wildman–Crippen MR) is 144 cm³/mol. The first-order valence-corrected chi connectivity index (χ1v) is 13.1. The van der Waals surface area contributed by atoms with E-state index in [0.717, 1.165) is 11.7 Å². The number of aliphatic hydroxyl groups excluding tert-OH is 1. The molecule has 4 N–H and O–H groups in total. The van der Waals surface area contributed by atoms with E-state index in [1.54, 1.807) is 25.1 Å². The van der Waals surface area contributed by atoms with Crippen LogP contribution in [0.2, 0.25) is 0 Å². The SMILES string of the molecule is CCO.CCOPCc1ccc(Nc2ncc(C(F)(F)F)c(Nc3ccccc3C(=O)NC)n2)c(Br)c1. The largest absolute Gasteiger partial charge is 0.421 e. The third-order valence-corrected chi connectivity index (χ3v) is 6.25. The highest BCUT2D eigenvalue weighted by Gasteiger charge is 2.35. The molecule has 3 rings (SSSR count). The summed E-state index contributed by atoms with van der Waals surface area (Å²) in [4.78, 5) is 20.0. The summed E-state index contributed by atoms with van der Waals surface area (Å²) < 4.78 is 47.0. The summed E-state index contributed by atoms with van der Waals surface area (Å²) in [7, 11) is 1.78. The van der Waals surface area contributed by atoms with Gasteiger partial charge in [-0.25, -0.2) is 4.98 Å². The van der Waals surface area contributed by atoms with Crippen LogP contribution in [0.5, 0.6) is 0 Å². The quantitative estimate of drug-likeness (QED) is 0.170. The summed E-state index contributed by atoms with van der Waals surface area (Å²) in [6.07, 6.45) is -3.25. The molecule has 1 atom stereocenters. The Balaban J connectivity index is 0.00000153. The summed E-state index contributed by atoms with van der Waals surface area (Å²) in [5.41, 5.74) is 0.928. The van der Waals surface area contributed by atoms with Crippen molar-refractivity contribution < 1.29 is 27.6 Å². The van der Waals surface area contributed by atoms with Crippen LogP contribution >= 0.6 is 24.7 Å². The maximum absolute atomic E-state index is 13.6. The first-order valence-electron chi connectivity index (χ1n) is 11.2. The van der Waals surface area contributed by atoms with Crippen molar-refractivity contribution in [1.82, 2.24) is 15.3 Å². The fraction of sp³-hybridized carbons (Fsp3) is 0.292. The van der Waals surface area contributed by atoms with Gasteiger partial charge in [-0.05, 0) is 59.6 Å². The first kappa shape index (κ1) is 30.4. The van der Waals surface area contributed by atoms with E-state index < -0.39 is 23.5 Å². The number of nitrogens with zero attached hydrogens (tertiary/aromatic N) is 2. The van der Waals surface area contributed by atoms with Crippen molar-refractivity contribution in [3.05, 3.63) is 69.8 Å². The van der Waals surface area contributed by atoms with Gasteiger partial charge in [0.15, 0.2) is 0 Å². The fourth-order valence-electron chi connectivity index (χ4n) is 2.92. The Bertz CT molecular complexity index is 1180. The van der Waals surface area contributed by atoms with Crippen LogP contribution in [0.15, 0.2) is 53.1 Å². The highest BCUT2D eigenvalue weighted by Crippen LogP contribution is 2.36. The zero-order valence-electron chi connectivity index (χ0n) is 20.4. The summed E-state index contributed by atoms with van der Waals surface area (Å²) in [5, 5.41) is 15.6. The number of anilines is 4. The standard InChI is InChI=1S/C22H22BrF3N5O2P.C2H6O/c1-3-33-34-12-13-8-9-18(16(23)10-13)30-21-28-11-15(22(24,25)26)19(31-21)29-17-7-5-4-6-14(17)20(32)27-2;1-2-3/h4-11,34H,3,12H2,1-2H3,(H,27,32)(H2,28,29,30,31);3H,2H2,1H3. The van der Waals surface area contributed by atoms with Crippen LogP contribution in [0.1, 0.15) is 35.3 Å². The zero-order valence-corrected chi connectivity index (χ0v) is 23.0. The maximum atomic E-state index is 13.6. The van der Waals surface area contributed by atoms with Gasteiger partial charge < -0.3 is 25.6 Å². The van der Waals surface area contributed by atoms with E-state index in [1.807, 2.05) is 19.1 Å². The molecule has 8 nitrogen and oxygen atoms in total. The molecule has 0 saturated heterocycles. The van der Waals surface area contributed by atoms with Crippen LogP contribution in [0, 0.1) is 0 Å². The van der Waals surface area contributed by atoms with E-state index in [2.05, 4.69) is 41.8 Å². The fourth-order valence-corrected chi connectivity index (χ4v) is 4.14. The molecule has 3 aromatic rings. The van der Waals surface area contributed by atoms with Gasteiger partial charge in [-0.1, -0.05) is 18.2 Å². The lowest BCUT2D eigenvalue weighted by molar-refractivity contribution is -0.137. The Kier molecular flexibility index (Phi) is 12.2. The molecule has 0 aliphatic rings. The van der Waals surface area contributed by atoms with Crippen molar-refractivity contribution in [2.45, 2.75) is 26.2 Å². The number of benzene rings is 2. The van der Waals surface area contributed by atoms with Crippen molar-refractivity contribution in [2.75, 3.05) is 30.9 Å². The molecule has 37 heavy (non-hydrogen) atoms. The van der Waals surface area contributed by atoms with Crippen LogP contribution in [-0.2, 0) is 16.9 Å². The average Bonchev–Trinajstić information content (AvgIpc) is 2.85. The van der Waals surface area contributed by atoms with E-state index in [4.69, 9.17) is 9.63 Å². The second-order valence-corrected chi connectivity index (χ2v) is 9.00. The number of hydrogen-bond donors (Lipinski definition) is 4. The van der Waals surface area contributed by atoms with Gasteiger partial charge in [0, 0.05) is 45.9 Å². The molecule has 0 spiro atoms. The third-order valence-electron chi connectivity index (χ3n) is 4.55. The molecule has 0 saturated carbocycles. The third kappa shape index (κ3) is 9.23. The van der Waals surface area contributed by atoms with Crippen LogP contribution in [0.4, 0.5) is 36.3 Å². The number of carbonyl (C=O) groups excluding carboxylic acids is 1. The molecule has 1 heterocycles. The lowest BCUT2D eigenvalue weighted by Crippen LogP contribution is -2.20. The highest BCUT2D eigenvalue weighted by molar-refractivity contribution is 9.10. The van der Waals surface area contributed by atoms with Crippen LogP contribution < -0.4 is 16.0 Å². The van der Waals surface area contributed by atoms with Gasteiger partial charge in [-0.2, -0.15) is 18.2 Å². The van der Waals surface area contributed by atoms with Gasteiger partial charge in [0.25, 0.3) is 5.91 Å². The van der Waals surface area contributed by atoms with E-state index >= 15 is 0 Å². The Morgan fingerprint density at radius 2 is 1.84 bits per heavy atom. The Labute approximate surface area is 223 Å². The molecule has 2 aromatic carbocycles. The highest BCUT2D eigenvalue weighted by atomic mass is 79.9. The van der Waals surface area contributed by atoms with E-state index in [-0.39, 0.29) is 23.8 Å². The Hall–Kier alpha value is -2.79. The van der Waals surface area contributed by atoms with Crippen LogP contribution in [0.25, 0.3) is 0 Å². The molecular formula is C24H28BrF3N5O3P. The lowest BCUT2D eigenvalue weighted by atomic mass is 10.1. The molecule has 0 radical (unpaired) electrons. The second kappa shape index (κ2) is 14.8. The minimum atomic E-state index is -4.70. The minimum absolute atomic E-state index is 0.0439. The second-order valence-electron chi connectivity index (χ2n) is 7.21. The van der Waals surface area contributed by atoms with Gasteiger partial charge in [0.05, 0.1) is 16.9 Å². The van der Waals surface area contributed by atoms with Crippen LogP contribution in [0.3, 0.4) is 0 Å². The Morgan fingerprint density at radius 3 is 2.46 bits per heavy atom. The number of alkyl halides is 3. The number of nitrogens with one attached hydrogen (secondary N) is 3. The van der Waals surface area contributed by atoms with Gasteiger partial charge in [0.2, 0.25) is 5.95 Å². The molecule has 0 fully saturated rings. The first-order chi connectivity index (χ1) is 17.6. The van der Waals surface area contributed by atoms with Gasteiger partial charge in [0.1, 0.15) is 11.4 Å². The number of halogens is 4. The van der Waals surface area contributed by atoms with Gasteiger partial charge in [-0.15, -0.1) is 0 Å². The lowest BCUT2D eigenvalue weighted by Gasteiger charge is -2.17. The molecule has 1 aromatic heterocycles. The monoisotopic (exact) mass is 601 g/mol. The summed E-state index contributed by atoms with van der Waals surface area (Å²) >= 11 is 3.47. The average molecular weight is 602 g/mol. The van der Waals surface area contributed by atoms with Gasteiger partial charge >= 0.3 is 6.18 Å². The summed E-state index contributed by atoms with van der Waals surface area (Å²) in [6.45, 7) is 4.51. The topological polar surface area (TPSA) is 108 Å². The van der Waals surface area contributed by atoms with Crippen molar-refractivity contribution >= 4 is 53.8 Å². The van der Waals surface area contributed by atoms with Gasteiger partial charge in [-0.3, -0.25) is 4.79 Å².